The van der Waals surface area contributed by atoms with E-state index >= 15 is 0 Å². The van der Waals surface area contributed by atoms with E-state index in [1.807, 2.05) is 0 Å². The van der Waals surface area contributed by atoms with Crippen LogP contribution in [0, 0.1) is 5.92 Å². The first-order valence-corrected chi connectivity index (χ1v) is 5.88. The summed E-state index contributed by atoms with van der Waals surface area (Å²) in [5.74, 6) is -0.285. The molecule has 1 aliphatic rings. The van der Waals surface area contributed by atoms with Gasteiger partial charge in [0, 0.05) is 19.1 Å². The van der Waals surface area contributed by atoms with Crippen molar-refractivity contribution in [1.82, 2.24) is 0 Å². The van der Waals surface area contributed by atoms with Gasteiger partial charge in [0.05, 0.1) is 19.8 Å². The minimum atomic E-state index is -2.43. The summed E-state index contributed by atoms with van der Waals surface area (Å²) in [5, 5.41) is 9.08. The molecule has 96 valence electrons. The molecule has 0 spiro atoms. The zero-order valence-electron chi connectivity index (χ0n) is 8.94. The van der Waals surface area contributed by atoms with E-state index in [0.29, 0.717) is 0 Å². The Balaban J connectivity index is 2.74. The minimum absolute atomic E-state index is 0.261. The third-order valence-electron chi connectivity index (χ3n) is 2.57. The molecule has 5 atom stereocenters. The Bertz CT molecular complexity index is 241. The normalized spacial score (nSPS) is 37.2. The van der Waals surface area contributed by atoms with Gasteiger partial charge in [0.1, 0.15) is 12.2 Å². The van der Waals surface area contributed by atoms with Crippen LogP contribution in [0.4, 0.5) is 0 Å². The van der Waals surface area contributed by atoms with Gasteiger partial charge in [-0.2, -0.15) is 4.21 Å². The van der Waals surface area contributed by atoms with Gasteiger partial charge in [-0.15, -0.1) is 0 Å². The SMILES string of the molecule is COC[C@@H]1C(N)COC(CO)[C@@H]1OS(=O)O. The summed E-state index contributed by atoms with van der Waals surface area (Å²) >= 11 is -2.43. The van der Waals surface area contributed by atoms with Gasteiger partial charge in [-0.3, -0.25) is 8.74 Å². The van der Waals surface area contributed by atoms with Gasteiger partial charge in [0.25, 0.3) is 0 Å². The van der Waals surface area contributed by atoms with Crippen molar-refractivity contribution in [2.75, 3.05) is 26.9 Å². The van der Waals surface area contributed by atoms with Crippen molar-refractivity contribution in [1.29, 1.82) is 0 Å². The van der Waals surface area contributed by atoms with Crippen molar-refractivity contribution in [3.05, 3.63) is 0 Å². The predicted octanol–water partition coefficient (Wildman–Crippen LogP) is -1.51. The van der Waals surface area contributed by atoms with Crippen LogP contribution in [-0.2, 0) is 25.0 Å². The van der Waals surface area contributed by atoms with Crippen molar-refractivity contribution in [2.45, 2.75) is 18.2 Å². The van der Waals surface area contributed by atoms with E-state index in [2.05, 4.69) is 0 Å². The second-order valence-corrected chi connectivity index (χ2v) is 4.24. The van der Waals surface area contributed by atoms with Crippen molar-refractivity contribution in [3.63, 3.8) is 0 Å². The standard InChI is InChI=1S/C8H17NO6S/c1-13-3-5-6(9)4-14-7(2-10)8(5)15-16(11)12/h5-8,10H,2-4,9H2,1H3,(H,11,12)/t5-,6?,7?,8-/m1/s1. The number of methoxy groups -OCH3 is 1. The monoisotopic (exact) mass is 255 g/mol. The number of nitrogens with two attached hydrogens (primary N) is 1. The van der Waals surface area contributed by atoms with Crippen LogP contribution < -0.4 is 5.73 Å². The third-order valence-corrected chi connectivity index (χ3v) is 2.96. The molecule has 0 aromatic rings. The molecule has 1 aliphatic heterocycles. The molecule has 16 heavy (non-hydrogen) atoms. The number of hydrogen-bond donors (Lipinski definition) is 3. The average Bonchev–Trinajstić information content (AvgIpc) is 2.23. The fourth-order valence-electron chi connectivity index (χ4n) is 1.77. The molecule has 0 aromatic heterocycles. The van der Waals surface area contributed by atoms with Crippen LogP contribution >= 0.6 is 0 Å². The summed E-state index contributed by atoms with van der Waals surface area (Å²) < 4.78 is 34.4. The molecule has 0 aliphatic carbocycles. The van der Waals surface area contributed by atoms with Gasteiger partial charge in [-0.25, -0.2) is 0 Å². The molecule has 0 radical (unpaired) electrons. The van der Waals surface area contributed by atoms with Crippen LogP contribution in [0.5, 0.6) is 0 Å². The maximum atomic E-state index is 10.7. The van der Waals surface area contributed by atoms with E-state index in [0.717, 1.165) is 0 Å². The van der Waals surface area contributed by atoms with Gasteiger partial charge in [0.2, 0.25) is 0 Å². The van der Waals surface area contributed by atoms with E-state index in [1.54, 1.807) is 0 Å². The van der Waals surface area contributed by atoms with Crippen LogP contribution in [0.1, 0.15) is 0 Å². The molecule has 4 N–H and O–H groups in total. The second kappa shape index (κ2) is 6.60. The van der Waals surface area contributed by atoms with Gasteiger partial charge < -0.3 is 20.3 Å². The van der Waals surface area contributed by atoms with Crippen LogP contribution in [0.25, 0.3) is 0 Å². The average molecular weight is 255 g/mol. The first-order chi connectivity index (χ1) is 7.60. The van der Waals surface area contributed by atoms with Gasteiger partial charge in [-0.05, 0) is 0 Å². The Morgan fingerprint density at radius 2 is 2.31 bits per heavy atom. The highest BCUT2D eigenvalue weighted by Crippen LogP contribution is 2.24. The Kier molecular flexibility index (Phi) is 5.76. The first kappa shape index (κ1) is 14.0. The largest absolute Gasteiger partial charge is 0.394 e. The van der Waals surface area contributed by atoms with Gasteiger partial charge in [0.15, 0.2) is 0 Å². The Morgan fingerprint density at radius 1 is 1.62 bits per heavy atom. The van der Waals surface area contributed by atoms with E-state index in [1.165, 1.54) is 7.11 Å². The summed E-state index contributed by atoms with van der Waals surface area (Å²) in [6.07, 6.45) is -1.41. The smallest absolute Gasteiger partial charge is 0.302 e. The lowest BCUT2D eigenvalue weighted by molar-refractivity contribution is -0.129. The topological polar surface area (TPSA) is 111 Å². The summed E-state index contributed by atoms with van der Waals surface area (Å²) in [6.45, 7) is 0.245. The van der Waals surface area contributed by atoms with Crippen LogP contribution in [-0.4, -0.2) is 59.0 Å². The molecular formula is C8H17NO6S. The molecule has 0 amide bonds. The van der Waals surface area contributed by atoms with Crippen molar-refractivity contribution < 1.29 is 27.5 Å². The van der Waals surface area contributed by atoms with Crippen molar-refractivity contribution in [2.24, 2.45) is 11.7 Å². The molecule has 1 rings (SSSR count). The molecule has 1 heterocycles. The summed E-state index contributed by atoms with van der Waals surface area (Å²) in [5.41, 5.74) is 5.80. The Hall–Kier alpha value is -0.0900. The molecular weight excluding hydrogens is 238 g/mol. The number of aliphatic hydroxyl groups is 1. The fourth-order valence-corrected chi connectivity index (χ4v) is 2.23. The molecule has 0 saturated carbocycles. The summed E-state index contributed by atoms with van der Waals surface area (Å²) in [4.78, 5) is 0. The summed E-state index contributed by atoms with van der Waals surface area (Å²) in [7, 11) is 1.50. The highest BCUT2D eigenvalue weighted by atomic mass is 32.2. The lowest BCUT2D eigenvalue weighted by Gasteiger charge is -2.39. The van der Waals surface area contributed by atoms with Gasteiger partial charge in [-0.1, -0.05) is 0 Å². The molecule has 1 saturated heterocycles. The zero-order valence-corrected chi connectivity index (χ0v) is 9.76. The minimum Gasteiger partial charge on any atom is -0.394 e. The maximum Gasteiger partial charge on any atom is 0.302 e. The molecule has 8 heteroatoms. The molecule has 1 fully saturated rings. The molecule has 0 bridgehead atoms. The van der Waals surface area contributed by atoms with E-state index in [9.17, 15) is 4.21 Å². The summed E-state index contributed by atoms with van der Waals surface area (Å²) in [6, 6.07) is -0.351. The van der Waals surface area contributed by atoms with Crippen LogP contribution in [0.15, 0.2) is 0 Å². The van der Waals surface area contributed by atoms with Crippen molar-refractivity contribution >= 4 is 11.4 Å². The maximum absolute atomic E-state index is 10.7. The van der Waals surface area contributed by atoms with Crippen LogP contribution in [0.2, 0.25) is 0 Å². The van der Waals surface area contributed by atoms with E-state index in [4.69, 9.17) is 29.0 Å². The number of hydrogen-bond acceptors (Lipinski definition) is 6. The quantitative estimate of drug-likeness (QED) is 0.512. The Labute approximate surface area is 96.3 Å². The zero-order chi connectivity index (χ0) is 12.1. The third kappa shape index (κ3) is 3.45. The lowest BCUT2D eigenvalue weighted by Crippen LogP contribution is -2.56. The van der Waals surface area contributed by atoms with E-state index < -0.39 is 23.6 Å². The first-order valence-electron chi connectivity index (χ1n) is 4.85. The highest BCUT2D eigenvalue weighted by molar-refractivity contribution is 7.74. The van der Waals surface area contributed by atoms with Gasteiger partial charge >= 0.3 is 11.4 Å². The predicted molar refractivity (Wildman–Crippen MR) is 55.8 cm³/mol. The van der Waals surface area contributed by atoms with Crippen molar-refractivity contribution in [3.8, 4) is 0 Å². The van der Waals surface area contributed by atoms with E-state index in [-0.39, 0.29) is 31.8 Å². The molecule has 7 nitrogen and oxygen atoms in total. The molecule has 3 unspecified atom stereocenters. The number of aliphatic hydroxyl groups excluding tert-OH is 1. The second-order valence-electron chi connectivity index (χ2n) is 3.62. The number of ether oxygens (including phenoxy) is 2. The number of rotatable bonds is 5. The lowest BCUT2D eigenvalue weighted by atomic mass is 9.89. The molecule has 0 aromatic carbocycles. The Morgan fingerprint density at radius 3 is 2.81 bits per heavy atom. The highest BCUT2D eigenvalue weighted by Gasteiger charge is 2.40. The van der Waals surface area contributed by atoms with Crippen LogP contribution in [0.3, 0.4) is 0 Å². The fraction of sp³-hybridized carbons (Fsp3) is 1.00.